The molecule has 0 spiro atoms. The highest BCUT2D eigenvalue weighted by Crippen LogP contribution is 2.32. The average Bonchev–Trinajstić information content (AvgIpc) is 2.80. The lowest BCUT2D eigenvalue weighted by molar-refractivity contribution is 0.181. The lowest BCUT2D eigenvalue weighted by atomic mass is 10.3. The second-order valence-electron chi connectivity index (χ2n) is 4.09. The highest BCUT2D eigenvalue weighted by atomic mass is 35.5. The van der Waals surface area contributed by atoms with Crippen molar-refractivity contribution in [1.29, 1.82) is 0 Å². The molecule has 0 bridgehead atoms. The van der Waals surface area contributed by atoms with E-state index in [0.29, 0.717) is 22.3 Å². The zero-order valence-electron chi connectivity index (χ0n) is 11.2. The third-order valence-electron chi connectivity index (χ3n) is 2.61. The summed E-state index contributed by atoms with van der Waals surface area (Å²) in [6.45, 7) is 4.20. The van der Waals surface area contributed by atoms with Crippen LogP contribution in [0.2, 0.25) is 10.0 Å². The maximum atomic E-state index is 6.18. The molecular weight excluding hydrogens is 317 g/mol. The number of hydrogen-bond acceptors (Lipinski definition) is 5. The van der Waals surface area contributed by atoms with Gasteiger partial charge in [-0.1, -0.05) is 30.1 Å². The Morgan fingerprint density at radius 3 is 2.85 bits per heavy atom. The fourth-order valence-corrected chi connectivity index (χ4v) is 3.25. The van der Waals surface area contributed by atoms with Crippen LogP contribution in [0, 0.1) is 0 Å². The van der Waals surface area contributed by atoms with Crippen molar-refractivity contribution in [3.8, 4) is 10.7 Å². The second-order valence-corrected chi connectivity index (χ2v) is 6.01. The molecule has 0 aromatic carbocycles. The minimum Gasteiger partial charge on any atom is -0.378 e. The van der Waals surface area contributed by atoms with Crippen molar-refractivity contribution in [3.05, 3.63) is 32.9 Å². The maximum absolute atomic E-state index is 6.18. The molecule has 0 amide bonds. The summed E-state index contributed by atoms with van der Waals surface area (Å²) in [7, 11) is 1.66. The molecular formula is C13H15Cl2N3OS. The van der Waals surface area contributed by atoms with Crippen LogP contribution in [0.15, 0.2) is 12.3 Å². The monoisotopic (exact) mass is 331 g/mol. The number of hydrogen-bond donors (Lipinski definition) is 1. The van der Waals surface area contributed by atoms with E-state index >= 15 is 0 Å². The van der Waals surface area contributed by atoms with E-state index in [1.54, 1.807) is 30.7 Å². The Kier molecular flexibility index (Phi) is 5.74. The van der Waals surface area contributed by atoms with Crippen LogP contribution in [-0.2, 0) is 17.9 Å². The Bertz CT molecular complexity index is 589. The molecule has 108 valence electrons. The number of ether oxygens (including phenoxy) is 1. The molecule has 0 fully saturated rings. The zero-order valence-corrected chi connectivity index (χ0v) is 13.6. The summed E-state index contributed by atoms with van der Waals surface area (Å²) in [5.41, 5.74) is 1.57. The number of nitrogens with one attached hydrogen (secondary N) is 1. The average molecular weight is 332 g/mol. The molecule has 0 saturated carbocycles. The first-order valence-corrected chi connectivity index (χ1v) is 7.72. The van der Waals surface area contributed by atoms with E-state index in [1.165, 1.54) is 0 Å². The third-order valence-corrected chi connectivity index (χ3v) is 4.20. The number of methoxy groups -OCH3 is 1. The van der Waals surface area contributed by atoms with E-state index < -0.39 is 0 Å². The molecule has 2 aromatic rings. The molecule has 4 nitrogen and oxygen atoms in total. The quantitative estimate of drug-likeness (QED) is 0.875. The Morgan fingerprint density at radius 2 is 2.20 bits per heavy atom. The minimum absolute atomic E-state index is 0.475. The first kappa shape index (κ1) is 15.7. The van der Waals surface area contributed by atoms with E-state index in [1.807, 2.05) is 0 Å². The number of halogens is 2. The Hall–Kier alpha value is -0.720. The van der Waals surface area contributed by atoms with Crippen molar-refractivity contribution in [2.75, 3.05) is 13.7 Å². The van der Waals surface area contributed by atoms with Gasteiger partial charge in [-0.05, 0) is 12.6 Å². The molecule has 2 rings (SSSR count). The fourth-order valence-electron chi connectivity index (χ4n) is 1.68. The molecule has 0 atom stereocenters. The van der Waals surface area contributed by atoms with Crippen LogP contribution in [-0.4, -0.2) is 23.6 Å². The molecule has 2 heterocycles. The van der Waals surface area contributed by atoms with Crippen molar-refractivity contribution in [2.24, 2.45) is 0 Å². The zero-order chi connectivity index (χ0) is 14.5. The van der Waals surface area contributed by atoms with Crippen LogP contribution < -0.4 is 5.32 Å². The highest BCUT2D eigenvalue weighted by molar-refractivity contribution is 7.15. The number of nitrogens with zero attached hydrogens (tertiary/aromatic N) is 2. The lowest BCUT2D eigenvalue weighted by Crippen LogP contribution is -2.12. The van der Waals surface area contributed by atoms with Gasteiger partial charge in [0.2, 0.25) is 0 Å². The highest BCUT2D eigenvalue weighted by Gasteiger charge is 2.15. The number of thiazole rings is 1. The molecule has 0 radical (unpaired) electrons. The lowest BCUT2D eigenvalue weighted by Gasteiger charge is -2.00. The molecule has 0 unspecified atom stereocenters. The summed E-state index contributed by atoms with van der Waals surface area (Å²) in [6, 6.07) is 1.67. The van der Waals surface area contributed by atoms with Gasteiger partial charge in [-0.3, -0.25) is 4.98 Å². The smallest absolute Gasteiger partial charge is 0.144 e. The van der Waals surface area contributed by atoms with Crippen LogP contribution >= 0.6 is 34.5 Å². The van der Waals surface area contributed by atoms with Gasteiger partial charge in [-0.2, -0.15) is 0 Å². The molecule has 0 saturated heterocycles. The van der Waals surface area contributed by atoms with Crippen molar-refractivity contribution in [2.45, 2.75) is 20.1 Å². The van der Waals surface area contributed by atoms with Crippen molar-refractivity contribution >= 4 is 34.5 Å². The van der Waals surface area contributed by atoms with Gasteiger partial charge in [-0.15, -0.1) is 11.3 Å². The topological polar surface area (TPSA) is 47.0 Å². The Balaban J connectivity index is 2.36. The second kappa shape index (κ2) is 7.33. The van der Waals surface area contributed by atoms with Gasteiger partial charge in [-0.25, -0.2) is 4.98 Å². The predicted molar refractivity (Wildman–Crippen MR) is 83.5 cm³/mol. The molecule has 0 aliphatic rings. The van der Waals surface area contributed by atoms with Gasteiger partial charge in [0, 0.05) is 24.7 Å². The van der Waals surface area contributed by atoms with Crippen LogP contribution in [0.4, 0.5) is 0 Å². The number of pyridine rings is 1. The minimum atomic E-state index is 0.475. The van der Waals surface area contributed by atoms with Crippen molar-refractivity contribution < 1.29 is 4.74 Å². The summed E-state index contributed by atoms with van der Waals surface area (Å²) in [4.78, 5) is 9.98. The first-order chi connectivity index (χ1) is 9.65. The summed E-state index contributed by atoms with van der Waals surface area (Å²) >= 11 is 13.6. The van der Waals surface area contributed by atoms with Crippen LogP contribution in [0.5, 0.6) is 0 Å². The molecule has 1 N–H and O–H groups in total. The number of rotatable bonds is 6. The maximum Gasteiger partial charge on any atom is 0.144 e. The van der Waals surface area contributed by atoms with E-state index in [2.05, 4.69) is 22.2 Å². The van der Waals surface area contributed by atoms with E-state index in [9.17, 15) is 0 Å². The van der Waals surface area contributed by atoms with Crippen molar-refractivity contribution in [3.63, 3.8) is 0 Å². The van der Waals surface area contributed by atoms with Crippen LogP contribution in [0.1, 0.15) is 17.5 Å². The largest absolute Gasteiger partial charge is 0.378 e. The van der Waals surface area contributed by atoms with Gasteiger partial charge in [0.15, 0.2) is 0 Å². The molecule has 0 aliphatic heterocycles. The van der Waals surface area contributed by atoms with E-state index in [4.69, 9.17) is 27.9 Å². The first-order valence-electron chi connectivity index (χ1n) is 6.15. The van der Waals surface area contributed by atoms with Gasteiger partial charge >= 0.3 is 0 Å². The standard InChI is InChI=1S/C13H15Cl2N3OS/c1-3-16-6-11-10(7-19-2)18-13(20-11)12-9(15)4-8(14)5-17-12/h4-5,16H,3,6-7H2,1-2H3. The van der Waals surface area contributed by atoms with Gasteiger partial charge in [0.25, 0.3) is 0 Å². The summed E-state index contributed by atoms with van der Waals surface area (Å²) in [6.07, 6.45) is 1.57. The van der Waals surface area contributed by atoms with Gasteiger partial charge in [0.05, 0.1) is 22.3 Å². The molecule has 20 heavy (non-hydrogen) atoms. The van der Waals surface area contributed by atoms with Crippen LogP contribution in [0.25, 0.3) is 10.7 Å². The predicted octanol–water partition coefficient (Wildman–Crippen LogP) is 3.77. The van der Waals surface area contributed by atoms with Gasteiger partial charge < -0.3 is 10.1 Å². The summed E-state index contributed by atoms with van der Waals surface area (Å²) in [5, 5.41) is 5.10. The molecule has 0 aliphatic carbocycles. The number of aromatic nitrogens is 2. The van der Waals surface area contributed by atoms with Crippen molar-refractivity contribution in [1.82, 2.24) is 15.3 Å². The van der Waals surface area contributed by atoms with Gasteiger partial charge in [0.1, 0.15) is 10.7 Å². The SMILES string of the molecule is CCNCc1sc(-c2ncc(Cl)cc2Cl)nc1COC. The molecule has 7 heteroatoms. The summed E-state index contributed by atoms with van der Waals surface area (Å²) < 4.78 is 5.19. The van der Waals surface area contributed by atoms with Crippen LogP contribution in [0.3, 0.4) is 0 Å². The Labute approximate surface area is 132 Å². The summed E-state index contributed by atoms with van der Waals surface area (Å²) in [5.74, 6) is 0. The Morgan fingerprint density at radius 1 is 1.40 bits per heavy atom. The third kappa shape index (κ3) is 3.68. The molecule has 2 aromatic heterocycles. The van der Waals surface area contributed by atoms with E-state index in [0.717, 1.165) is 28.7 Å². The fraction of sp³-hybridized carbons (Fsp3) is 0.385. The normalized spacial score (nSPS) is 11.0. The van der Waals surface area contributed by atoms with E-state index in [-0.39, 0.29) is 0 Å².